The summed E-state index contributed by atoms with van der Waals surface area (Å²) in [5.74, 6) is -2.36. The highest BCUT2D eigenvalue weighted by Gasteiger charge is 2.44. The van der Waals surface area contributed by atoms with E-state index < -0.39 is 12.3 Å². The number of carbonyl (C=O) groups excluding carboxylic acids is 2. The van der Waals surface area contributed by atoms with Gasteiger partial charge in [-0.25, -0.2) is 18.2 Å². The summed E-state index contributed by atoms with van der Waals surface area (Å²) in [4.78, 5) is 27.4. The van der Waals surface area contributed by atoms with E-state index in [1.807, 2.05) is 48.5 Å². The lowest BCUT2D eigenvalue weighted by molar-refractivity contribution is -0.122. The van der Waals surface area contributed by atoms with Crippen LogP contribution < -0.4 is 16.4 Å². The highest BCUT2D eigenvalue weighted by Crippen LogP contribution is 2.47. The van der Waals surface area contributed by atoms with Crippen molar-refractivity contribution in [1.29, 1.82) is 0 Å². The van der Waals surface area contributed by atoms with Crippen molar-refractivity contribution in [2.45, 2.75) is 44.1 Å². The number of nitrogens with two attached hydrogens (primary N) is 1. The first-order valence-corrected chi connectivity index (χ1v) is 15.1. The number of aryl methyl sites for hydroxylation is 1. The highest BCUT2D eigenvalue weighted by atomic mass is 19.3. The molecule has 0 radical (unpaired) electrons. The summed E-state index contributed by atoms with van der Waals surface area (Å²) >= 11 is 0. The molecule has 7 nitrogen and oxygen atoms in total. The molecule has 2 heterocycles. The van der Waals surface area contributed by atoms with Crippen molar-refractivity contribution in [2.75, 3.05) is 12.3 Å². The second-order valence-corrected chi connectivity index (χ2v) is 11.7. The van der Waals surface area contributed by atoms with Crippen LogP contribution in [0.5, 0.6) is 0 Å². The Morgan fingerprint density at radius 3 is 2.57 bits per heavy atom. The zero-order valence-electron chi connectivity index (χ0n) is 24.9. The molecule has 0 aliphatic heterocycles. The summed E-state index contributed by atoms with van der Waals surface area (Å²) in [6.07, 6.45) is 2.33. The number of carbonyl (C=O) groups is 2. The number of nitrogen functional groups attached to an aromatic ring is 1. The number of rotatable bonds is 13. The predicted octanol–water partition coefficient (Wildman–Crippen LogP) is 7.01. The molecule has 4 N–H and O–H groups in total. The van der Waals surface area contributed by atoms with Crippen molar-refractivity contribution in [3.8, 4) is 22.3 Å². The van der Waals surface area contributed by atoms with Crippen LogP contribution in [-0.4, -0.2) is 29.8 Å². The normalized spacial score (nSPS) is 15.9. The van der Waals surface area contributed by atoms with Crippen LogP contribution in [0.1, 0.15) is 42.1 Å². The number of anilines is 1. The Kier molecular flexibility index (Phi) is 8.78. The number of benzene rings is 3. The molecular weight excluding hydrogens is 593 g/mol. The Morgan fingerprint density at radius 1 is 1.00 bits per heavy atom. The van der Waals surface area contributed by atoms with Crippen LogP contribution >= 0.6 is 0 Å². The van der Waals surface area contributed by atoms with Crippen LogP contribution in [0.2, 0.25) is 0 Å². The summed E-state index contributed by atoms with van der Waals surface area (Å²) in [5.41, 5.74) is 11.0. The first-order chi connectivity index (χ1) is 22.2. The molecule has 5 aromatic rings. The second-order valence-electron chi connectivity index (χ2n) is 11.7. The van der Waals surface area contributed by atoms with Crippen molar-refractivity contribution < 1.29 is 27.2 Å². The molecule has 1 aliphatic carbocycles. The maximum absolute atomic E-state index is 14.3. The number of nitrogens with one attached hydrogen (secondary N) is 2. The molecule has 2 aromatic heterocycles. The largest absolute Gasteiger partial charge is 0.459 e. The lowest BCUT2D eigenvalue weighted by Crippen LogP contribution is -2.24. The molecule has 46 heavy (non-hydrogen) atoms. The number of halogens is 3. The summed E-state index contributed by atoms with van der Waals surface area (Å²) in [6, 6.07) is 23.0. The molecule has 2 atom stereocenters. The molecule has 0 spiro atoms. The second kappa shape index (κ2) is 13.1. The van der Waals surface area contributed by atoms with E-state index in [1.54, 1.807) is 24.4 Å². The molecule has 2 unspecified atom stereocenters. The Hall–Kier alpha value is -5.12. The Balaban J connectivity index is 1.20. The van der Waals surface area contributed by atoms with E-state index in [-0.39, 0.29) is 49.5 Å². The van der Waals surface area contributed by atoms with Crippen molar-refractivity contribution in [2.24, 2.45) is 5.92 Å². The Bertz CT molecular complexity index is 1860. The molecule has 2 amide bonds. The number of nitrogens with zero attached hydrogens (tertiary/aromatic N) is 1. The molecule has 0 saturated heterocycles. The van der Waals surface area contributed by atoms with Gasteiger partial charge in [-0.3, -0.25) is 9.59 Å². The third-order valence-electron chi connectivity index (χ3n) is 8.39. The van der Waals surface area contributed by atoms with Crippen LogP contribution in [0.4, 0.5) is 19.0 Å². The fourth-order valence-corrected chi connectivity index (χ4v) is 5.76. The number of alkyl halides is 2. The van der Waals surface area contributed by atoms with E-state index in [0.29, 0.717) is 34.7 Å². The fourth-order valence-electron chi connectivity index (χ4n) is 5.76. The minimum Gasteiger partial charge on any atom is -0.459 e. The van der Waals surface area contributed by atoms with Gasteiger partial charge in [0.1, 0.15) is 23.0 Å². The smallest absolute Gasteiger partial charge is 0.250 e. The zero-order valence-corrected chi connectivity index (χ0v) is 24.9. The molecule has 0 bridgehead atoms. The van der Waals surface area contributed by atoms with E-state index in [1.165, 1.54) is 12.1 Å². The van der Waals surface area contributed by atoms with Crippen molar-refractivity contribution in [1.82, 2.24) is 15.6 Å². The van der Waals surface area contributed by atoms with Gasteiger partial charge in [0.15, 0.2) is 0 Å². The van der Waals surface area contributed by atoms with E-state index in [2.05, 4.69) is 15.6 Å². The summed E-state index contributed by atoms with van der Waals surface area (Å²) in [6.45, 7) is 0.121. The van der Waals surface area contributed by atoms with Gasteiger partial charge in [-0.1, -0.05) is 42.5 Å². The number of amides is 2. The number of hydrogen-bond donors (Lipinski definition) is 3. The summed E-state index contributed by atoms with van der Waals surface area (Å²) in [5, 5.41) is 6.04. The average Bonchev–Trinajstić information content (AvgIpc) is 3.74. The van der Waals surface area contributed by atoms with E-state index in [9.17, 15) is 22.8 Å². The van der Waals surface area contributed by atoms with Crippen LogP contribution in [0.15, 0.2) is 89.5 Å². The van der Waals surface area contributed by atoms with Crippen molar-refractivity contribution >= 4 is 29.1 Å². The van der Waals surface area contributed by atoms with Crippen LogP contribution in [0, 0.1) is 11.7 Å². The molecule has 6 rings (SSSR count). The molecule has 1 fully saturated rings. The van der Waals surface area contributed by atoms with Crippen LogP contribution in [0.25, 0.3) is 33.2 Å². The van der Waals surface area contributed by atoms with Gasteiger partial charge in [0.25, 0.3) is 0 Å². The van der Waals surface area contributed by atoms with Crippen molar-refractivity contribution in [3.05, 3.63) is 108 Å². The maximum Gasteiger partial charge on any atom is 0.250 e. The molecule has 1 saturated carbocycles. The van der Waals surface area contributed by atoms with Gasteiger partial charge < -0.3 is 20.8 Å². The van der Waals surface area contributed by atoms with Crippen molar-refractivity contribution in [3.63, 3.8) is 0 Å². The van der Waals surface area contributed by atoms with Gasteiger partial charge in [0, 0.05) is 42.5 Å². The third-order valence-corrected chi connectivity index (χ3v) is 8.39. The molecule has 10 heteroatoms. The van der Waals surface area contributed by atoms with Crippen LogP contribution in [0.3, 0.4) is 0 Å². The quantitative estimate of drug-likeness (QED) is 0.0963. The third kappa shape index (κ3) is 7.22. The Labute approximate surface area is 264 Å². The highest BCUT2D eigenvalue weighted by molar-refractivity contribution is 5.97. The van der Waals surface area contributed by atoms with E-state index >= 15 is 0 Å². The molecule has 3 aromatic carbocycles. The summed E-state index contributed by atoms with van der Waals surface area (Å²) < 4.78 is 48.9. The van der Waals surface area contributed by atoms with E-state index in [0.717, 1.165) is 34.1 Å². The number of aromatic nitrogens is 1. The molecule has 236 valence electrons. The zero-order chi connectivity index (χ0) is 32.3. The SMILES string of the molecule is Nc1ccc(C2CC2C(=O)NCc2cc3cc(-c4ccc(CCC(F)(F)CCNC=O)cc4)cc(-c4cccc(F)c4)c3o2)cn1. The number of hydrogen-bond acceptors (Lipinski definition) is 5. The average molecular weight is 627 g/mol. The van der Waals surface area contributed by atoms with Crippen LogP contribution in [-0.2, 0) is 22.6 Å². The monoisotopic (exact) mass is 626 g/mol. The number of fused-ring (bicyclic) bond motifs is 1. The first-order valence-electron chi connectivity index (χ1n) is 15.1. The maximum atomic E-state index is 14.3. The Morgan fingerprint density at radius 2 is 1.83 bits per heavy atom. The lowest BCUT2D eigenvalue weighted by atomic mass is 9.95. The lowest BCUT2D eigenvalue weighted by Gasteiger charge is -2.16. The van der Waals surface area contributed by atoms with Gasteiger partial charge >= 0.3 is 0 Å². The molecular formula is C36H33F3N4O3. The topological polar surface area (TPSA) is 110 Å². The van der Waals surface area contributed by atoms with Gasteiger partial charge in [-0.2, -0.15) is 0 Å². The fraction of sp³-hybridized carbons (Fsp3) is 0.250. The number of furan rings is 1. The first kappa shape index (κ1) is 30.9. The van der Waals surface area contributed by atoms with Gasteiger partial charge in [0.05, 0.1) is 6.54 Å². The van der Waals surface area contributed by atoms with Gasteiger partial charge in [0.2, 0.25) is 18.2 Å². The minimum atomic E-state index is -2.88. The summed E-state index contributed by atoms with van der Waals surface area (Å²) in [7, 11) is 0. The van der Waals surface area contributed by atoms with E-state index in [4.69, 9.17) is 10.2 Å². The predicted molar refractivity (Wildman–Crippen MR) is 170 cm³/mol. The standard InChI is InChI=1S/C36H33F3N4O3/c37-28-3-1-2-24(15-28)31-17-26(23-6-4-22(5-7-23)10-11-36(38,39)12-13-41-21-44)14-27-16-29(46-34(27)31)20-43-35(45)32-18-30(32)25-8-9-33(40)42-19-25/h1-9,14-17,19,21,30,32H,10-13,18,20H2,(H2,40,42)(H,41,44)(H,43,45). The van der Waals surface area contributed by atoms with Gasteiger partial charge in [-0.05, 0) is 83.0 Å². The molecule has 1 aliphatic rings. The van der Waals surface area contributed by atoms with Gasteiger partial charge in [-0.15, -0.1) is 0 Å². The minimum absolute atomic E-state index is 0.0659. The number of pyridine rings is 1.